The van der Waals surface area contributed by atoms with Gasteiger partial charge < -0.3 is 5.32 Å². The van der Waals surface area contributed by atoms with Crippen molar-refractivity contribution in [2.24, 2.45) is 0 Å². The number of carbonyl (C=O) groups is 1. The van der Waals surface area contributed by atoms with Gasteiger partial charge in [-0.25, -0.2) is 4.39 Å². The zero-order valence-corrected chi connectivity index (χ0v) is 13.8. The minimum atomic E-state index is -0.304. The van der Waals surface area contributed by atoms with Gasteiger partial charge in [-0.2, -0.15) is 11.8 Å². The molecule has 0 bridgehead atoms. The van der Waals surface area contributed by atoms with Crippen LogP contribution in [0.2, 0.25) is 0 Å². The standard InChI is InChI=1S/C14H17FINOS/c1-2-19-11-5-4-10(8-11)17-14(18)12-6-3-9(15)7-13(12)16/h3,6-7,10-11H,2,4-5,8H2,1H3,(H,17,18). The Morgan fingerprint density at radius 3 is 3.00 bits per heavy atom. The lowest BCUT2D eigenvalue weighted by molar-refractivity contribution is 0.0937. The van der Waals surface area contributed by atoms with E-state index < -0.39 is 0 Å². The first-order chi connectivity index (χ1) is 9.10. The summed E-state index contributed by atoms with van der Waals surface area (Å²) in [6.45, 7) is 2.16. The number of amides is 1. The van der Waals surface area contributed by atoms with Crippen LogP contribution >= 0.6 is 34.4 Å². The molecule has 1 N–H and O–H groups in total. The monoisotopic (exact) mass is 393 g/mol. The summed E-state index contributed by atoms with van der Waals surface area (Å²) < 4.78 is 13.7. The lowest BCUT2D eigenvalue weighted by Gasteiger charge is -2.14. The van der Waals surface area contributed by atoms with Crippen molar-refractivity contribution in [3.8, 4) is 0 Å². The minimum absolute atomic E-state index is 0.0865. The molecule has 2 nitrogen and oxygen atoms in total. The lowest BCUT2D eigenvalue weighted by atomic mass is 10.2. The fraction of sp³-hybridized carbons (Fsp3) is 0.500. The average molecular weight is 393 g/mol. The number of hydrogen-bond acceptors (Lipinski definition) is 2. The number of carbonyl (C=O) groups excluding carboxylic acids is 1. The first kappa shape index (κ1) is 15.1. The SMILES string of the molecule is CCSC1CCC(NC(=O)c2ccc(F)cc2I)C1. The van der Waals surface area contributed by atoms with Gasteiger partial charge in [-0.3, -0.25) is 4.79 Å². The fourth-order valence-corrected chi connectivity index (χ4v) is 4.26. The van der Waals surface area contributed by atoms with Gasteiger partial charge >= 0.3 is 0 Å². The molecule has 104 valence electrons. The fourth-order valence-electron chi connectivity index (χ4n) is 2.40. The van der Waals surface area contributed by atoms with Crippen molar-refractivity contribution >= 4 is 40.3 Å². The van der Waals surface area contributed by atoms with Gasteiger partial charge in [0, 0.05) is 14.9 Å². The van der Waals surface area contributed by atoms with Crippen molar-refractivity contribution in [1.29, 1.82) is 0 Å². The Bertz CT molecular complexity index is 469. The molecular weight excluding hydrogens is 376 g/mol. The van der Waals surface area contributed by atoms with Crippen LogP contribution in [0.25, 0.3) is 0 Å². The van der Waals surface area contributed by atoms with E-state index in [0.29, 0.717) is 14.4 Å². The van der Waals surface area contributed by atoms with Gasteiger partial charge in [0.25, 0.3) is 5.91 Å². The van der Waals surface area contributed by atoms with E-state index in [0.717, 1.165) is 18.6 Å². The van der Waals surface area contributed by atoms with Gasteiger partial charge in [-0.15, -0.1) is 0 Å². The maximum Gasteiger partial charge on any atom is 0.252 e. The molecule has 2 rings (SSSR count). The topological polar surface area (TPSA) is 29.1 Å². The highest BCUT2D eigenvalue weighted by Gasteiger charge is 2.26. The molecule has 1 aliphatic carbocycles. The molecule has 0 heterocycles. The third kappa shape index (κ3) is 4.08. The summed E-state index contributed by atoms with van der Waals surface area (Å²) in [5, 5.41) is 3.73. The van der Waals surface area contributed by atoms with Crippen LogP contribution in [0.1, 0.15) is 36.5 Å². The molecule has 1 aromatic rings. The molecule has 1 aromatic carbocycles. The second kappa shape index (κ2) is 6.92. The molecule has 1 fully saturated rings. The van der Waals surface area contributed by atoms with E-state index in [1.54, 1.807) is 6.07 Å². The van der Waals surface area contributed by atoms with E-state index >= 15 is 0 Å². The molecule has 0 spiro atoms. The van der Waals surface area contributed by atoms with E-state index in [1.165, 1.54) is 18.6 Å². The molecule has 5 heteroatoms. The number of hydrogen-bond donors (Lipinski definition) is 1. The molecule has 0 saturated heterocycles. The second-order valence-electron chi connectivity index (χ2n) is 4.68. The molecule has 19 heavy (non-hydrogen) atoms. The van der Waals surface area contributed by atoms with Gasteiger partial charge in [0.15, 0.2) is 0 Å². The van der Waals surface area contributed by atoms with Crippen molar-refractivity contribution in [3.63, 3.8) is 0 Å². The zero-order valence-electron chi connectivity index (χ0n) is 10.8. The zero-order chi connectivity index (χ0) is 13.8. The molecule has 1 aliphatic rings. The van der Waals surface area contributed by atoms with Gasteiger partial charge in [-0.05, 0) is 65.8 Å². The van der Waals surface area contributed by atoms with E-state index in [9.17, 15) is 9.18 Å². The van der Waals surface area contributed by atoms with E-state index in [4.69, 9.17) is 0 Å². The summed E-state index contributed by atoms with van der Waals surface area (Å²) in [7, 11) is 0. The predicted molar refractivity (Wildman–Crippen MR) is 86.1 cm³/mol. The first-order valence-corrected chi connectivity index (χ1v) is 8.60. The van der Waals surface area contributed by atoms with Gasteiger partial charge in [0.05, 0.1) is 5.56 Å². The van der Waals surface area contributed by atoms with Crippen molar-refractivity contribution in [3.05, 3.63) is 33.1 Å². The Kier molecular flexibility index (Phi) is 5.50. The Hall–Kier alpha value is -0.300. The molecule has 1 amide bonds. The molecule has 0 aromatic heterocycles. The van der Waals surface area contributed by atoms with Crippen LogP contribution in [0, 0.1) is 9.39 Å². The van der Waals surface area contributed by atoms with Crippen LogP contribution < -0.4 is 5.32 Å². The summed E-state index contributed by atoms with van der Waals surface area (Å²) in [6, 6.07) is 4.54. The van der Waals surface area contributed by atoms with E-state index in [2.05, 4.69) is 12.2 Å². The maximum atomic E-state index is 13.0. The molecule has 0 radical (unpaired) electrons. The van der Waals surface area contributed by atoms with Crippen LogP contribution in [0.5, 0.6) is 0 Å². The van der Waals surface area contributed by atoms with Gasteiger partial charge in [-0.1, -0.05) is 6.92 Å². The Labute approximate surface area is 131 Å². The van der Waals surface area contributed by atoms with Crippen molar-refractivity contribution < 1.29 is 9.18 Å². The van der Waals surface area contributed by atoms with Crippen molar-refractivity contribution in [2.45, 2.75) is 37.5 Å². The van der Waals surface area contributed by atoms with Gasteiger partial charge in [0.2, 0.25) is 0 Å². The molecule has 2 unspecified atom stereocenters. The number of rotatable bonds is 4. The third-order valence-corrected chi connectivity index (χ3v) is 5.42. The second-order valence-corrected chi connectivity index (χ2v) is 7.42. The molecule has 2 atom stereocenters. The van der Waals surface area contributed by atoms with Crippen LogP contribution in [0.15, 0.2) is 18.2 Å². The first-order valence-electron chi connectivity index (χ1n) is 6.47. The Balaban J connectivity index is 1.94. The summed E-state index contributed by atoms with van der Waals surface area (Å²) in [6.07, 6.45) is 3.26. The summed E-state index contributed by atoms with van der Waals surface area (Å²) in [4.78, 5) is 12.2. The smallest absolute Gasteiger partial charge is 0.252 e. The lowest BCUT2D eigenvalue weighted by Crippen LogP contribution is -2.33. The summed E-state index contributed by atoms with van der Waals surface area (Å²) in [5.41, 5.74) is 0.564. The Morgan fingerprint density at radius 1 is 1.53 bits per heavy atom. The minimum Gasteiger partial charge on any atom is -0.349 e. The van der Waals surface area contributed by atoms with Crippen LogP contribution in [-0.4, -0.2) is 23.0 Å². The number of thioether (sulfide) groups is 1. The predicted octanol–water partition coefficient (Wildman–Crippen LogP) is 3.83. The quantitative estimate of drug-likeness (QED) is 0.788. The highest BCUT2D eigenvalue weighted by molar-refractivity contribution is 14.1. The normalized spacial score (nSPS) is 22.5. The number of nitrogens with one attached hydrogen (secondary N) is 1. The largest absolute Gasteiger partial charge is 0.349 e. The van der Waals surface area contributed by atoms with E-state index in [-0.39, 0.29) is 17.8 Å². The Morgan fingerprint density at radius 2 is 2.32 bits per heavy atom. The number of benzene rings is 1. The summed E-state index contributed by atoms with van der Waals surface area (Å²) >= 11 is 3.97. The highest BCUT2D eigenvalue weighted by atomic mass is 127. The van der Waals surface area contributed by atoms with E-state index in [1.807, 2.05) is 34.4 Å². The molecule has 1 saturated carbocycles. The van der Waals surface area contributed by atoms with Crippen molar-refractivity contribution in [2.75, 3.05) is 5.75 Å². The molecular formula is C14H17FINOS. The molecule has 0 aliphatic heterocycles. The van der Waals surface area contributed by atoms with Crippen molar-refractivity contribution in [1.82, 2.24) is 5.32 Å². The van der Waals surface area contributed by atoms with Gasteiger partial charge in [0.1, 0.15) is 5.82 Å². The highest BCUT2D eigenvalue weighted by Crippen LogP contribution is 2.30. The van der Waals surface area contributed by atoms with Crippen LogP contribution in [0.4, 0.5) is 4.39 Å². The summed E-state index contributed by atoms with van der Waals surface area (Å²) in [5.74, 6) is 0.735. The maximum absolute atomic E-state index is 13.0. The average Bonchev–Trinajstić information content (AvgIpc) is 2.76. The number of halogens is 2. The van der Waals surface area contributed by atoms with Crippen LogP contribution in [-0.2, 0) is 0 Å². The van der Waals surface area contributed by atoms with Crippen LogP contribution in [0.3, 0.4) is 0 Å². The third-order valence-electron chi connectivity index (χ3n) is 3.30.